The Morgan fingerprint density at radius 2 is 1.68 bits per heavy atom. The molecule has 0 fully saturated rings. The molecule has 0 bridgehead atoms. The van der Waals surface area contributed by atoms with Crippen molar-refractivity contribution < 1.29 is 4.79 Å². The predicted octanol–water partition coefficient (Wildman–Crippen LogP) is 3.74. The van der Waals surface area contributed by atoms with Gasteiger partial charge in [0.1, 0.15) is 22.5 Å². The molecule has 3 aromatic heterocycles. The van der Waals surface area contributed by atoms with Gasteiger partial charge in [0.2, 0.25) is 0 Å². The SMILES string of the molecule is Nc1ncnc2c1cnn2-c1ccc(NC(=O)Nc2cc(Cl)nc(Cl)c2)cc1. The second-order valence-corrected chi connectivity index (χ2v) is 6.45. The Labute approximate surface area is 168 Å². The molecule has 0 unspecified atom stereocenters. The largest absolute Gasteiger partial charge is 0.383 e. The van der Waals surface area contributed by atoms with Crippen LogP contribution in [0.1, 0.15) is 0 Å². The number of nitrogens with two attached hydrogens (primary N) is 1. The fourth-order valence-corrected chi connectivity index (χ4v) is 3.03. The molecule has 0 saturated carbocycles. The Morgan fingerprint density at radius 1 is 1.00 bits per heavy atom. The zero-order valence-corrected chi connectivity index (χ0v) is 15.6. The number of amides is 2. The molecular weight excluding hydrogens is 403 g/mol. The third-order valence-corrected chi connectivity index (χ3v) is 4.17. The van der Waals surface area contributed by atoms with E-state index < -0.39 is 6.03 Å². The fourth-order valence-electron chi connectivity index (χ4n) is 2.57. The Hall–Kier alpha value is -3.43. The maximum absolute atomic E-state index is 12.2. The van der Waals surface area contributed by atoms with Gasteiger partial charge in [-0.2, -0.15) is 5.10 Å². The van der Waals surface area contributed by atoms with Crippen molar-refractivity contribution in [1.82, 2.24) is 24.7 Å². The number of nitrogen functional groups attached to an aromatic ring is 1. The molecule has 28 heavy (non-hydrogen) atoms. The number of benzene rings is 1. The quantitative estimate of drug-likeness (QED) is 0.438. The van der Waals surface area contributed by atoms with E-state index in [4.69, 9.17) is 28.9 Å². The van der Waals surface area contributed by atoms with Crippen molar-refractivity contribution in [3.05, 3.63) is 59.2 Å². The van der Waals surface area contributed by atoms with Crippen LogP contribution < -0.4 is 16.4 Å². The van der Waals surface area contributed by atoms with Gasteiger partial charge in [0.25, 0.3) is 0 Å². The van der Waals surface area contributed by atoms with Crippen LogP contribution in [0.3, 0.4) is 0 Å². The minimum atomic E-state index is -0.448. The first-order chi connectivity index (χ1) is 13.5. The molecule has 1 aromatic carbocycles. The van der Waals surface area contributed by atoms with E-state index in [1.807, 2.05) is 0 Å². The molecule has 0 spiro atoms. The third kappa shape index (κ3) is 3.66. The zero-order chi connectivity index (χ0) is 19.7. The van der Waals surface area contributed by atoms with Crippen molar-refractivity contribution in [3.8, 4) is 5.69 Å². The van der Waals surface area contributed by atoms with Gasteiger partial charge in [-0.15, -0.1) is 0 Å². The summed E-state index contributed by atoms with van der Waals surface area (Å²) < 4.78 is 1.64. The fraction of sp³-hybridized carbons (Fsp3) is 0. The molecule has 9 nitrogen and oxygen atoms in total. The Kier molecular flexibility index (Phi) is 4.68. The summed E-state index contributed by atoms with van der Waals surface area (Å²) in [4.78, 5) is 24.1. The molecule has 0 aliphatic heterocycles. The summed E-state index contributed by atoms with van der Waals surface area (Å²) in [5.74, 6) is 0.363. The van der Waals surface area contributed by atoms with Crippen molar-refractivity contribution in [2.24, 2.45) is 0 Å². The monoisotopic (exact) mass is 414 g/mol. The molecule has 140 valence electrons. The lowest BCUT2D eigenvalue weighted by Gasteiger charge is -2.09. The third-order valence-electron chi connectivity index (χ3n) is 3.79. The Balaban J connectivity index is 1.50. The molecule has 4 rings (SSSR count). The van der Waals surface area contributed by atoms with Gasteiger partial charge in [-0.3, -0.25) is 0 Å². The zero-order valence-electron chi connectivity index (χ0n) is 14.1. The van der Waals surface area contributed by atoms with Crippen LogP contribution >= 0.6 is 23.2 Å². The predicted molar refractivity (Wildman–Crippen MR) is 108 cm³/mol. The average Bonchev–Trinajstić information content (AvgIpc) is 3.07. The number of halogens is 2. The van der Waals surface area contributed by atoms with Crippen LogP contribution in [0.4, 0.5) is 22.0 Å². The number of rotatable bonds is 3. The van der Waals surface area contributed by atoms with Crippen LogP contribution in [0.5, 0.6) is 0 Å². The molecule has 0 aliphatic rings. The van der Waals surface area contributed by atoms with Gasteiger partial charge in [-0.1, -0.05) is 23.2 Å². The van der Waals surface area contributed by atoms with Crippen LogP contribution in [0.15, 0.2) is 48.9 Å². The molecular formula is C17H12Cl2N8O. The van der Waals surface area contributed by atoms with Crippen LogP contribution in [0.25, 0.3) is 16.7 Å². The smallest absolute Gasteiger partial charge is 0.323 e. The molecule has 2 amide bonds. The second-order valence-electron chi connectivity index (χ2n) is 5.68. The van der Waals surface area contributed by atoms with Crippen molar-refractivity contribution in [2.45, 2.75) is 0 Å². The molecule has 4 N–H and O–H groups in total. The topological polar surface area (TPSA) is 124 Å². The minimum Gasteiger partial charge on any atom is -0.383 e. The normalized spacial score (nSPS) is 10.8. The van der Waals surface area contributed by atoms with Gasteiger partial charge < -0.3 is 16.4 Å². The Bertz CT molecular complexity index is 1160. The lowest BCUT2D eigenvalue weighted by atomic mass is 10.3. The van der Waals surface area contributed by atoms with E-state index in [1.165, 1.54) is 18.5 Å². The van der Waals surface area contributed by atoms with E-state index in [0.717, 1.165) is 5.69 Å². The van der Waals surface area contributed by atoms with E-state index in [0.29, 0.717) is 28.2 Å². The maximum atomic E-state index is 12.2. The molecule has 0 saturated heterocycles. The number of pyridine rings is 1. The standard InChI is InChI=1S/C17H12Cl2N8O/c18-13-5-10(6-14(19)26-13)25-17(28)24-9-1-3-11(4-2-9)27-16-12(7-23-27)15(20)21-8-22-16/h1-8H,(H2,20,21,22)(H2,24,25,26,28). The number of urea groups is 1. The highest BCUT2D eigenvalue weighted by Crippen LogP contribution is 2.21. The van der Waals surface area contributed by atoms with Gasteiger partial charge in [0.05, 0.1) is 17.3 Å². The Morgan fingerprint density at radius 3 is 2.39 bits per heavy atom. The highest BCUT2D eigenvalue weighted by atomic mass is 35.5. The summed E-state index contributed by atoms with van der Waals surface area (Å²) in [5, 5.41) is 10.7. The average molecular weight is 415 g/mol. The first-order valence-corrected chi connectivity index (χ1v) is 8.71. The first-order valence-electron chi connectivity index (χ1n) is 7.95. The molecule has 4 aromatic rings. The number of aromatic nitrogens is 5. The lowest BCUT2D eigenvalue weighted by molar-refractivity contribution is 0.262. The summed E-state index contributed by atoms with van der Waals surface area (Å²) in [7, 11) is 0. The van der Waals surface area contributed by atoms with Crippen molar-refractivity contribution >= 4 is 57.5 Å². The summed E-state index contributed by atoms with van der Waals surface area (Å²) in [5.41, 5.74) is 8.19. The van der Waals surface area contributed by atoms with E-state index in [-0.39, 0.29) is 10.3 Å². The molecule has 0 radical (unpaired) electrons. The van der Waals surface area contributed by atoms with Gasteiger partial charge in [0.15, 0.2) is 5.65 Å². The summed E-state index contributed by atoms with van der Waals surface area (Å²) in [6, 6.07) is 9.59. The van der Waals surface area contributed by atoms with Crippen molar-refractivity contribution in [2.75, 3.05) is 16.4 Å². The lowest BCUT2D eigenvalue weighted by Crippen LogP contribution is -2.19. The number of carbonyl (C=O) groups excluding carboxylic acids is 1. The van der Waals surface area contributed by atoms with Crippen LogP contribution in [-0.2, 0) is 0 Å². The maximum Gasteiger partial charge on any atom is 0.323 e. The second kappa shape index (κ2) is 7.29. The summed E-state index contributed by atoms with van der Waals surface area (Å²) in [6.07, 6.45) is 2.99. The number of nitrogens with one attached hydrogen (secondary N) is 2. The highest BCUT2D eigenvalue weighted by Gasteiger charge is 2.10. The van der Waals surface area contributed by atoms with Crippen molar-refractivity contribution in [1.29, 1.82) is 0 Å². The van der Waals surface area contributed by atoms with E-state index in [2.05, 4.69) is 30.7 Å². The number of hydrogen-bond donors (Lipinski definition) is 3. The number of anilines is 3. The van der Waals surface area contributed by atoms with Crippen LogP contribution in [-0.4, -0.2) is 30.8 Å². The van der Waals surface area contributed by atoms with E-state index in [9.17, 15) is 4.79 Å². The molecule has 0 atom stereocenters. The van der Waals surface area contributed by atoms with E-state index >= 15 is 0 Å². The number of hydrogen-bond acceptors (Lipinski definition) is 6. The molecule has 3 heterocycles. The van der Waals surface area contributed by atoms with Gasteiger partial charge in [-0.05, 0) is 36.4 Å². The summed E-state index contributed by atoms with van der Waals surface area (Å²) >= 11 is 11.6. The molecule has 0 aliphatic carbocycles. The molecule has 11 heteroatoms. The van der Waals surface area contributed by atoms with Gasteiger partial charge in [0, 0.05) is 11.4 Å². The highest BCUT2D eigenvalue weighted by molar-refractivity contribution is 6.33. The van der Waals surface area contributed by atoms with Gasteiger partial charge in [-0.25, -0.2) is 24.4 Å². The summed E-state index contributed by atoms with van der Waals surface area (Å²) in [6.45, 7) is 0. The van der Waals surface area contributed by atoms with Crippen molar-refractivity contribution in [3.63, 3.8) is 0 Å². The minimum absolute atomic E-state index is 0.183. The van der Waals surface area contributed by atoms with Crippen LogP contribution in [0.2, 0.25) is 10.3 Å². The van der Waals surface area contributed by atoms with Crippen LogP contribution in [0, 0.1) is 0 Å². The van der Waals surface area contributed by atoms with Gasteiger partial charge >= 0.3 is 6.03 Å². The number of carbonyl (C=O) groups is 1. The first kappa shape index (κ1) is 18.0. The van der Waals surface area contributed by atoms with E-state index in [1.54, 1.807) is 35.1 Å². The number of fused-ring (bicyclic) bond motifs is 1. The number of nitrogens with zero attached hydrogens (tertiary/aromatic N) is 5.